The zero-order chi connectivity index (χ0) is 10.4. The molecule has 0 aliphatic carbocycles. The van der Waals surface area contributed by atoms with E-state index in [-0.39, 0.29) is 5.91 Å². The smallest absolute Gasteiger partial charge is 0.225 e. The van der Waals surface area contributed by atoms with Gasteiger partial charge in [-0.3, -0.25) is 9.78 Å². The number of pyridine rings is 1. The third kappa shape index (κ3) is 3.79. The van der Waals surface area contributed by atoms with Gasteiger partial charge in [-0.25, -0.2) is 0 Å². The fourth-order valence-electron chi connectivity index (χ4n) is 0.993. The molecule has 0 saturated carbocycles. The van der Waals surface area contributed by atoms with Gasteiger partial charge < -0.3 is 5.32 Å². The van der Waals surface area contributed by atoms with Crippen molar-refractivity contribution in [3.05, 3.63) is 24.5 Å². The molecule has 76 valence electrons. The zero-order valence-corrected chi connectivity index (χ0v) is 9.17. The molecule has 0 aromatic carbocycles. The summed E-state index contributed by atoms with van der Waals surface area (Å²) in [6, 6.07) is 3.63. The Bertz CT molecular complexity index is 289. The number of anilines is 1. The molecule has 0 unspecified atom stereocenters. The van der Waals surface area contributed by atoms with E-state index in [1.165, 1.54) is 0 Å². The fraction of sp³-hybridized carbons (Fsp3) is 0.400. The van der Waals surface area contributed by atoms with Gasteiger partial charge in [0.25, 0.3) is 0 Å². The summed E-state index contributed by atoms with van der Waals surface area (Å²) in [5.41, 5.74) is 0.755. The first-order valence-corrected chi connectivity index (χ1v) is 5.74. The van der Waals surface area contributed by atoms with E-state index in [2.05, 4.69) is 10.3 Å². The van der Waals surface area contributed by atoms with Gasteiger partial charge in [0.15, 0.2) is 0 Å². The molecule has 1 aromatic rings. The number of nitrogens with one attached hydrogen (secondary N) is 1. The summed E-state index contributed by atoms with van der Waals surface area (Å²) in [6.07, 6.45) is 5.86. The van der Waals surface area contributed by atoms with Crippen LogP contribution in [0.4, 0.5) is 5.69 Å². The average molecular weight is 210 g/mol. The van der Waals surface area contributed by atoms with Gasteiger partial charge in [0.05, 0.1) is 11.9 Å². The van der Waals surface area contributed by atoms with Crippen molar-refractivity contribution in [2.75, 3.05) is 11.6 Å². The summed E-state index contributed by atoms with van der Waals surface area (Å²) in [6.45, 7) is 2.04. The molecule has 0 saturated heterocycles. The van der Waals surface area contributed by atoms with Crippen molar-refractivity contribution in [3.63, 3.8) is 0 Å². The first-order chi connectivity index (χ1) is 6.72. The second-order valence-corrected chi connectivity index (χ2v) is 4.32. The third-order valence-corrected chi connectivity index (χ3v) is 2.79. The molecule has 0 aliphatic heterocycles. The Morgan fingerprint density at radius 1 is 1.71 bits per heavy atom. The van der Waals surface area contributed by atoms with E-state index in [9.17, 15) is 4.79 Å². The van der Waals surface area contributed by atoms with Crippen molar-refractivity contribution in [1.29, 1.82) is 0 Å². The lowest BCUT2D eigenvalue weighted by Crippen LogP contribution is -2.15. The highest BCUT2D eigenvalue weighted by Gasteiger charge is 2.07. The highest BCUT2D eigenvalue weighted by atomic mass is 32.2. The lowest BCUT2D eigenvalue weighted by atomic mass is 10.3. The first-order valence-electron chi connectivity index (χ1n) is 4.45. The molecule has 4 heteroatoms. The van der Waals surface area contributed by atoms with E-state index >= 15 is 0 Å². The number of carbonyl (C=O) groups is 1. The van der Waals surface area contributed by atoms with E-state index in [1.807, 2.05) is 19.2 Å². The van der Waals surface area contributed by atoms with Crippen molar-refractivity contribution in [3.8, 4) is 0 Å². The Labute approximate surface area is 88.3 Å². The van der Waals surface area contributed by atoms with Gasteiger partial charge in [-0.05, 0) is 18.4 Å². The van der Waals surface area contributed by atoms with E-state index < -0.39 is 0 Å². The largest absolute Gasteiger partial charge is 0.325 e. The summed E-state index contributed by atoms with van der Waals surface area (Å²) >= 11 is 1.69. The van der Waals surface area contributed by atoms with Crippen LogP contribution in [0.1, 0.15) is 13.3 Å². The predicted octanol–water partition coefficient (Wildman–Crippen LogP) is 2.16. The molecule has 1 rings (SSSR count). The van der Waals surface area contributed by atoms with Crippen LogP contribution in [0.3, 0.4) is 0 Å². The van der Waals surface area contributed by atoms with Gasteiger partial charge in [-0.1, -0.05) is 6.92 Å². The highest BCUT2D eigenvalue weighted by molar-refractivity contribution is 7.99. The standard InChI is InChI=1S/C10H14N2OS/c1-8(14-2)6-10(13)12-9-4-3-5-11-7-9/h3-5,7-8H,6H2,1-2H3,(H,12,13)/t8-/m0/s1. The van der Waals surface area contributed by atoms with Gasteiger partial charge in [-0.2, -0.15) is 11.8 Å². The van der Waals surface area contributed by atoms with E-state index in [0.29, 0.717) is 11.7 Å². The lowest BCUT2D eigenvalue weighted by molar-refractivity contribution is -0.116. The molecule has 14 heavy (non-hydrogen) atoms. The van der Waals surface area contributed by atoms with Crippen LogP contribution in [0.2, 0.25) is 0 Å². The normalized spacial score (nSPS) is 12.1. The minimum Gasteiger partial charge on any atom is -0.325 e. The van der Waals surface area contributed by atoms with Crippen LogP contribution in [-0.4, -0.2) is 22.4 Å². The fourth-order valence-corrected chi connectivity index (χ4v) is 1.31. The maximum atomic E-state index is 11.4. The molecular weight excluding hydrogens is 196 g/mol. The van der Waals surface area contributed by atoms with Crippen LogP contribution in [0.15, 0.2) is 24.5 Å². The molecule has 1 aromatic heterocycles. The van der Waals surface area contributed by atoms with E-state index in [1.54, 1.807) is 30.2 Å². The molecule has 0 spiro atoms. The number of hydrogen-bond donors (Lipinski definition) is 1. The topological polar surface area (TPSA) is 42.0 Å². The molecule has 0 fully saturated rings. The molecule has 0 aliphatic rings. The van der Waals surface area contributed by atoms with Gasteiger partial charge >= 0.3 is 0 Å². The Morgan fingerprint density at radius 3 is 3.07 bits per heavy atom. The molecule has 1 heterocycles. The van der Waals surface area contributed by atoms with E-state index in [0.717, 1.165) is 5.69 Å². The quantitative estimate of drug-likeness (QED) is 0.828. The van der Waals surface area contributed by atoms with Gasteiger partial charge in [0.2, 0.25) is 5.91 Å². The van der Waals surface area contributed by atoms with Crippen LogP contribution in [0.25, 0.3) is 0 Å². The average Bonchev–Trinajstić information content (AvgIpc) is 2.19. The number of aromatic nitrogens is 1. The van der Waals surface area contributed by atoms with Gasteiger partial charge in [-0.15, -0.1) is 0 Å². The van der Waals surface area contributed by atoms with Crippen molar-refractivity contribution in [1.82, 2.24) is 4.98 Å². The Balaban J connectivity index is 2.42. The molecular formula is C10H14N2OS. The van der Waals surface area contributed by atoms with Crippen LogP contribution in [0, 0.1) is 0 Å². The maximum Gasteiger partial charge on any atom is 0.225 e. The van der Waals surface area contributed by atoms with Crippen LogP contribution < -0.4 is 5.32 Å². The van der Waals surface area contributed by atoms with Crippen molar-refractivity contribution >= 4 is 23.4 Å². The number of amides is 1. The van der Waals surface area contributed by atoms with Crippen molar-refractivity contribution < 1.29 is 4.79 Å². The first kappa shape index (κ1) is 11.0. The molecule has 1 atom stereocenters. The number of thioether (sulfide) groups is 1. The molecule has 0 radical (unpaired) electrons. The SMILES string of the molecule is CS[C@@H](C)CC(=O)Nc1cccnc1. The number of hydrogen-bond acceptors (Lipinski definition) is 3. The number of rotatable bonds is 4. The monoisotopic (exact) mass is 210 g/mol. The number of carbonyl (C=O) groups excluding carboxylic acids is 1. The summed E-state index contributed by atoms with van der Waals surface area (Å²) < 4.78 is 0. The Kier molecular flexibility index (Phi) is 4.46. The second-order valence-electron chi connectivity index (χ2n) is 3.04. The van der Waals surface area contributed by atoms with Crippen LogP contribution >= 0.6 is 11.8 Å². The minimum atomic E-state index is 0.0415. The summed E-state index contributed by atoms with van der Waals surface area (Å²) in [5.74, 6) is 0.0415. The summed E-state index contributed by atoms with van der Waals surface area (Å²) in [7, 11) is 0. The molecule has 1 N–H and O–H groups in total. The summed E-state index contributed by atoms with van der Waals surface area (Å²) in [5, 5.41) is 3.15. The molecule has 0 bridgehead atoms. The maximum absolute atomic E-state index is 11.4. The van der Waals surface area contributed by atoms with Crippen molar-refractivity contribution in [2.45, 2.75) is 18.6 Å². The molecule has 1 amide bonds. The van der Waals surface area contributed by atoms with E-state index in [4.69, 9.17) is 0 Å². The Hall–Kier alpha value is -1.03. The molecule has 3 nitrogen and oxygen atoms in total. The minimum absolute atomic E-state index is 0.0415. The van der Waals surface area contributed by atoms with Crippen LogP contribution in [0.5, 0.6) is 0 Å². The van der Waals surface area contributed by atoms with Gasteiger partial charge in [0.1, 0.15) is 0 Å². The summed E-state index contributed by atoms with van der Waals surface area (Å²) in [4.78, 5) is 15.3. The Morgan fingerprint density at radius 2 is 2.50 bits per heavy atom. The number of nitrogens with zero attached hydrogens (tertiary/aromatic N) is 1. The van der Waals surface area contributed by atoms with Crippen LogP contribution in [-0.2, 0) is 4.79 Å². The van der Waals surface area contributed by atoms with Crippen molar-refractivity contribution in [2.24, 2.45) is 0 Å². The lowest BCUT2D eigenvalue weighted by Gasteiger charge is -2.08. The predicted molar refractivity (Wildman–Crippen MR) is 60.5 cm³/mol. The highest BCUT2D eigenvalue weighted by Crippen LogP contribution is 2.11. The second kappa shape index (κ2) is 5.65. The zero-order valence-electron chi connectivity index (χ0n) is 8.36. The van der Waals surface area contributed by atoms with Gasteiger partial charge in [0, 0.05) is 17.9 Å². The third-order valence-electron chi connectivity index (χ3n) is 1.82.